The van der Waals surface area contributed by atoms with E-state index in [1.54, 1.807) is 0 Å². The van der Waals surface area contributed by atoms with Crippen LogP contribution in [0.1, 0.15) is 46.5 Å². The van der Waals surface area contributed by atoms with E-state index >= 15 is 0 Å². The molecule has 0 heteroatoms. The molecule has 0 aliphatic heterocycles. The van der Waals surface area contributed by atoms with Crippen LogP contribution in [-0.2, 0) is 0 Å². The van der Waals surface area contributed by atoms with Crippen molar-refractivity contribution >= 4 is 0 Å². The fourth-order valence-electron chi connectivity index (χ4n) is 1.26. The standard InChI is InChI=1S/C12H21/c1-5-8-10-11(4)12(7-3)9-6-2/h6,10H,2,5,7-9H2,1,3-4H3/b11-10-. The molecule has 0 aromatic heterocycles. The van der Waals surface area contributed by atoms with Gasteiger partial charge in [-0.3, -0.25) is 0 Å². The topological polar surface area (TPSA) is 0 Å². The Morgan fingerprint density at radius 3 is 2.42 bits per heavy atom. The Balaban J connectivity index is 3.99. The van der Waals surface area contributed by atoms with Gasteiger partial charge in [0, 0.05) is 5.92 Å². The van der Waals surface area contributed by atoms with Crippen LogP contribution in [-0.4, -0.2) is 0 Å². The molecule has 0 spiro atoms. The summed E-state index contributed by atoms with van der Waals surface area (Å²) in [5.74, 6) is 1.53. The maximum absolute atomic E-state index is 3.76. The molecule has 0 bridgehead atoms. The summed E-state index contributed by atoms with van der Waals surface area (Å²) in [5, 5.41) is 0. The van der Waals surface area contributed by atoms with Gasteiger partial charge < -0.3 is 0 Å². The van der Waals surface area contributed by atoms with Crippen LogP contribution in [0.3, 0.4) is 0 Å². The van der Waals surface area contributed by atoms with Gasteiger partial charge in [0.05, 0.1) is 0 Å². The highest BCUT2D eigenvalue weighted by Gasteiger charge is 2.05. The normalized spacial score (nSPS) is 12.2. The molecule has 0 aromatic carbocycles. The molecule has 1 radical (unpaired) electrons. The highest BCUT2D eigenvalue weighted by molar-refractivity contribution is 5.23. The van der Waals surface area contributed by atoms with Gasteiger partial charge in [-0.25, -0.2) is 0 Å². The highest BCUT2D eigenvalue weighted by Crippen LogP contribution is 2.21. The Bertz CT molecular complexity index is 142. The van der Waals surface area contributed by atoms with Crippen LogP contribution in [0, 0.1) is 5.92 Å². The molecule has 0 aliphatic carbocycles. The fourth-order valence-corrected chi connectivity index (χ4v) is 1.26. The molecule has 0 unspecified atom stereocenters. The largest absolute Gasteiger partial charge is 0.103 e. The van der Waals surface area contributed by atoms with Crippen LogP contribution < -0.4 is 0 Å². The number of hydrogen-bond acceptors (Lipinski definition) is 0. The van der Waals surface area contributed by atoms with Gasteiger partial charge >= 0.3 is 0 Å². The third-order valence-corrected chi connectivity index (χ3v) is 2.11. The zero-order chi connectivity index (χ0) is 9.40. The maximum Gasteiger partial charge on any atom is 0.00371 e. The number of unbranched alkanes of at least 4 members (excludes halogenated alkanes) is 1. The molecule has 0 N–H and O–H groups in total. The Morgan fingerprint density at radius 1 is 1.33 bits per heavy atom. The van der Waals surface area contributed by atoms with E-state index in [0.717, 1.165) is 12.8 Å². The molecule has 0 atom stereocenters. The zero-order valence-corrected chi connectivity index (χ0v) is 8.69. The van der Waals surface area contributed by atoms with Crippen molar-refractivity contribution in [1.82, 2.24) is 0 Å². The molecule has 0 nitrogen and oxygen atoms in total. The summed E-state index contributed by atoms with van der Waals surface area (Å²) in [4.78, 5) is 0. The van der Waals surface area contributed by atoms with Crippen molar-refractivity contribution in [3.8, 4) is 0 Å². The molecule has 0 aliphatic rings. The lowest BCUT2D eigenvalue weighted by atomic mass is 9.93. The van der Waals surface area contributed by atoms with Gasteiger partial charge in [-0.1, -0.05) is 38.0 Å². The molecule has 0 saturated heterocycles. The van der Waals surface area contributed by atoms with Crippen LogP contribution in [0.25, 0.3) is 0 Å². The summed E-state index contributed by atoms with van der Waals surface area (Å²) >= 11 is 0. The van der Waals surface area contributed by atoms with Crippen LogP contribution >= 0.6 is 0 Å². The smallest absolute Gasteiger partial charge is 0.00371 e. The third kappa shape index (κ3) is 4.38. The first-order valence-corrected chi connectivity index (χ1v) is 4.88. The van der Waals surface area contributed by atoms with Crippen molar-refractivity contribution in [2.45, 2.75) is 46.5 Å². The Labute approximate surface area is 77.4 Å². The van der Waals surface area contributed by atoms with Gasteiger partial charge in [0.15, 0.2) is 0 Å². The van der Waals surface area contributed by atoms with Crippen LogP contribution in [0.2, 0.25) is 0 Å². The predicted molar refractivity (Wildman–Crippen MR) is 57.0 cm³/mol. The predicted octanol–water partition coefficient (Wildman–Crippen LogP) is 4.29. The second kappa shape index (κ2) is 7.15. The summed E-state index contributed by atoms with van der Waals surface area (Å²) in [6, 6.07) is 0. The van der Waals surface area contributed by atoms with E-state index in [1.807, 2.05) is 6.08 Å². The van der Waals surface area contributed by atoms with E-state index < -0.39 is 0 Å². The van der Waals surface area contributed by atoms with E-state index in [9.17, 15) is 0 Å². The van der Waals surface area contributed by atoms with Crippen molar-refractivity contribution in [3.63, 3.8) is 0 Å². The molecule has 0 fully saturated rings. The quantitative estimate of drug-likeness (QED) is 0.515. The Kier molecular flexibility index (Phi) is 6.84. The summed E-state index contributed by atoms with van der Waals surface area (Å²) in [5.41, 5.74) is 1.46. The molecule has 0 rings (SSSR count). The Morgan fingerprint density at radius 2 is 2.00 bits per heavy atom. The van der Waals surface area contributed by atoms with Gasteiger partial charge in [0.2, 0.25) is 0 Å². The van der Waals surface area contributed by atoms with Gasteiger partial charge in [-0.05, 0) is 26.2 Å². The number of allylic oxidation sites excluding steroid dienone is 3. The molecular weight excluding hydrogens is 144 g/mol. The lowest BCUT2D eigenvalue weighted by Crippen LogP contribution is -1.95. The van der Waals surface area contributed by atoms with E-state index in [0.29, 0.717) is 0 Å². The molecule has 12 heavy (non-hydrogen) atoms. The zero-order valence-electron chi connectivity index (χ0n) is 8.69. The number of hydrogen-bond donors (Lipinski definition) is 0. The minimum Gasteiger partial charge on any atom is -0.103 e. The number of rotatable bonds is 6. The minimum absolute atomic E-state index is 1.04. The first-order chi connectivity index (χ1) is 5.76. The van der Waals surface area contributed by atoms with Crippen molar-refractivity contribution in [2.24, 2.45) is 0 Å². The van der Waals surface area contributed by atoms with Crippen molar-refractivity contribution in [2.75, 3.05) is 0 Å². The molecule has 0 saturated carbocycles. The lowest BCUT2D eigenvalue weighted by Gasteiger charge is -2.12. The first-order valence-electron chi connectivity index (χ1n) is 4.88. The van der Waals surface area contributed by atoms with Crippen molar-refractivity contribution in [1.29, 1.82) is 0 Å². The van der Waals surface area contributed by atoms with Crippen LogP contribution in [0.5, 0.6) is 0 Å². The summed E-state index contributed by atoms with van der Waals surface area (Å²) in [6.45, 7) is 10.4. The van der Waals surface area contributed by atoms with E-state index in [1.165, 1.54) is 24.3 Å². The monoisotopic (exact) mass is 165 g/mol. The fraction of sp³-hybridized carbons (Fsp3) is 0.583. The molecule has 0 amide bonds. The van der Waals surface area contributed by atoms with E-state index in [-0.39, 0.29) is 0 Å². The van der Waals surface area contributed by atoms with Crippen LogP contribution in [0.4, 0.5) is 0 Å². The van der Waals surface area contributed by atoms with E-state index in [4.69, 9.17) is 0 Å². The lowest BCUT2D eigenvalue weighted by molar-refractivity contribution is 0.859. The molecule has 69 valence electrons. The highest BCUT2D eigenvalue weighted by atomic mass is 14.1. The van der Waals surface area contributed by atoms with Crippen LogP contribution in [0.15, 0.2) is 24.3 Å². The van der Waals surface area contributed by atoms with Gasteiger partial charge in [0.25, 0.3) is 0 Å². The third-order valence-electron chi connectivity index (χ3n) is 2.11. The second-order valence-corrected chi connectivity index (χ2v) is 3.13. The van der Waals surface area contributed by atoms with Crippen molar-refractivity contribution < 1.29 is 0 Å². The summed E-state index contributed by atoms with van der Waals surface area (Å²) in [7, 11) is 0. The van der Waals surface area contributed by atoms with Gasteiger partial charge in [-0.2, -0.15) is 0 Å². The molecule has 0 aromatic rings. The second-order valence-electron chi connectivity index (χ2n) is 3.13. The first kappa shape index (κ1) is 11.5. The van der Waals surface area contributed by atoms with Crippen molar-refractivity contribution in [3.05, 3.63) is 30.2 Å². The summed E-state index contributed by atoms with van der Waals surface area (Å²) < 4.78 is 0. The average molecular weight is 165 g/mol. The minimum atomic E-state index is 1.04. The Hall–Kier alpha value is -0.520. The SMILES string of the molecule is C=CC[C](CC)/C(C)=C\CCC. The average Bonchev–Trinajstić information content (AvgIpc) is 2.10. The molecular formula is C12H21. The summed E-state index contributed by atoms with van der Waals surface area (Å²) in [6.07, 6.45) is 8.96. The maximum atomic E-state index is 3.76. The van der Waals surface area contributed by atoms with Gasteiger partial charge in [-0.15, -0.1) is 6.58 Å². The van der Waals surface area contributed by atoms with Gasteiger partial charge in [0.1, 0.15) is 0 Å². The van der Waals surface area contributed by atoms with E-state index in [2.05, 4.69) is 33.4 Å². The molecule has 0 heterocycles.